The zero-order chi connectivity index (χ0) is 25.2. The molecule has 4 aliphatic rings. The molecule has 1 aromatic rings. The summed E-state index contributed by atoms with van der Waals surface area (Å²) in [5.41, 5.74) is -2.72. The molecule has 0 radical (unpaired) electrons. The maximum absolute atomic E-state index is 15.5. The molecule has 7 heteroatoms. The van der Waals surface area contributed by atoms with Crippen molar-refractivity contribution in [3.05, 3.63) is 59.7 Å². The van der Waals surface area contributed by atoms with Crippen LogP contribution in [0.3, 0.4) is 0 Å². The molecule has 8 atom stereocenters. The number of rotatable bonds is 4. The lowest BCUT2D eigenvalue weighted by Crippen LogP contribution is -2.63. The largest absolute Gasteiger partial charge is 0.447 e. The van der Waals surface area contributed by atoms with Gasteiger partial charge in [0.25, 0.3) is 0 Å². The molecule has 0 amide bonds. The van der Waals surface area contributed by atoms with Crippen LogP contribution in [0, 0.1) is 28.6 Å². The van der Waals surface area contributed by atoms with Gasteiger partial charge in [0, 0.05) is 16.7 Å². The molecule has 0 aromatic heterocycles. The molecule has 0 saturated heterocycles. The molecule has 6 nitrogen and oxygen atoms in total. The average Bonchev–Trinajstić information content (AvgIpc) is 3.12. The Kier molecular flexibility index (Phi) is 5.64. The predicted octanol–water partition coefficient (Wildman–Crippen LogP) is 3.37. The van der Waals surface area contributed by atoms with E-state index in [1.54, 1.807) is 36.4 Å². The lowest BCUT2D eigenvalue weighted by atomic mass is 9.46. The lowest BCUT2D eigenvalue weighted by Gasteiger charge is -2.60. The molecular weight excluding hydrogens is 451 g/mol. The fourth-order valence-corrected chi connectivity index (χ4v) is 7.92. The van der Waals surface area contributed by atoms with Crippen molar-refractivity contribution < 1.29 is 33.7 Å². The summed E-state index contributed by atoms with van der Waals surface area (Å²) < 4.78 is 21.5. The Balaban J connectivity index is 1.55. The van der Waals surface area contributed by atoms with E-state index in [1.807, 2.05) is 13.8 Å². The number of aliphatic hydroxyl groups excluding tert-OH is 2. The number of hydrogen-bond donors (Lipinski definition) is 2. The van der Waals surface area contributed by atoms with Crippen molar-refractivity contribution >= 4 is 17.5 Å². The van der Waals surface area contributed by atoms with E-state index in [9.17, 15) is 24.6 Å². The normalized spacial score (nSPS) is 41.9. The van der Waals surface area contributed by atoms with Crippen LogP contribution in [-0.2, 0) is 14.3 Å². The van der Waals surface area contributed by atoms with Gasteiger partial charge >= 0.3 is 5.97 Å². The summed E-state index contributed by atoms with van der Waals surface area (Å²) in [7, 11) is 0. The van der Waals surface area contributed by atoms with E-state index in [-0.39, 0.29) is 42.8 Å². The zero-order valence-electron chi connectivity index (χ0n) is 19.9. The van der Waals surface area contributed by atoms with Crippen molar-refractivity contribution in [2.45, 2.75) is 57.4 Å². The minimum atomic E-state index is -1.62. The topological polar surface area (TPSA) is 101 Å². The number of carbonyl (C=O) groups excluding carboxylic acids is 3. The Labute approximate surface area is 203 Å². The van der Waals surface area contributed by atoms with Gasteiger partial charge in [0.1, 0.15) is 12.8 Å². The van der Waals surface area contributed by atoms with Crippen molar-refractivity contribution in [1.29, 1.82) is 0 Å². The van der Waals surface area contributed by atoms with Gasteiger partial charge in [-0.05, 0) is 67.4 Å². The molecule has 2 N–H and O–H groups in total. The summed E-state index contributed by atoms with van der Waals surface area (Å²) in [6, 6.07) is 8.36. The standard InChI is InChI=1S/C28H31FO6/c1-26-10-8-17(31)12-20(26)21(29)13-18-19-9-11-28(23(33)15-30,27(19,2)14-22(32)24(18)26)35-25(34)16-6-4-3-5-7-16/h3-8,10,12,18-19,21-22,24,30,32H,9,11,13-15H2,1-2H3/t18-,19-,21-,22?,24+,26-,27-,28-/m0/s1. The number of carbonyl (C=O) groups is 3. The number of ether oxygens (including phenoxy) is 1. The summed E-state index contributed by atoms with van der Waals surface area (Å²) in [6.07, 6.45) is 3.24. The Bertz CT molecular complexity index is 1130. The van der Waals surface area contributed by atoms with E-state index in [0.717, 1.165) is 0 Å². The Morgan fingerprint density at radius 2 is 1.91 bits per heavy atom. The number of benzene rings is 1. The summed E-state index contributed by atoms with van der Waals surface area (Å²) >= 11 is 0. The lowest BCUT2D eigenvalue weighted by molar-refractivity contribution is -0.181. The first-order valence-corrected chi connectivity index (χ1v) is 12.3. The zero-order valence-corrected chi connectivity index (χ0v) is 19.9. The van der Waals surface area contributed by atoms with Crippen molar-refractivity contribution in [2.24, 2.45) is 28.6 Å². The molecule has 35 heavy (non-hydrogen) atoms. The summed E-state index contributed by atoms with van der Waals surface area (Å²) in [4.78, 5) is 38.4. The van der Waals surface area contributed by atoms with Crippen LogP contribution in [0.4, 0.5) is 4.39 Å². The van der Waals surface area contributed by atoms with E-state index < -0.39 is 47.1 Å². The Hall–Kier alpha value is -2.64. The number of alkyl halides is 1. The van der Waals surface area contributed by atoms with Crippen molar-refractivity contribution in [3.8, 4) is 0 Å². The average molecular weight is 483 g/mol. The van der Waals surface area contributed by atoms with Gasteiger partial charge in [-0.1, -0.05) is 38.1 Å². The second-order valence-electron chi connectivity index (χ2n) is 11.0. The van der Waals surface area contributed by atoms with E-state index >= 15 is 4.39 Å². The first-order chi connectivity index (χ1) is 16.6. The van der Waals surface area contributed by atoms with Gasteiger partial charge in [-0.15, -0.1) is 0 Å². The number of fused-ring (bicyclic) bond motifs is 5. The second kappa shape index (κ2) is 8.20. The summed E-state index contributed by atoms with van der Waals surface area (Å²) in [5, 5.41) is 21.4. The van der Waals surface area contributed by atoms with Crippen LogP contribution in [0.25, 0.3) is 0 Å². The van der Waals surface area contributed by atoms with Gasteiger partial charge in [-0.3, -0.25) is 9.59 Å². The van der Waals surface area contributed by atoms with Crippen LogP contribution in [0.15, 0.2) is 54.1 Å². The quantitative estimate of drug-likeness (QED) is 0.639. The molecular formula is C28H31FO6. The number of halogens is 1. The molecule has 3 fully saturated rings. The molecule has 0 spiro atoms. The molecule has 186 valence electrons. The van der Waals surface area contributed by atoms with Crippen LogP contribution < -0.4 is 0 Å². The van der Waals surface area contributed by atoms with E-state index in [1.165, 1.54) is 12.2 Å². The highest BCUT2D eigenvalue weighted by Gasteiger charge is 2.71. The Morgan fingerprint density at radius 3 is 2.60 bits per heavy atom. The van der Waals surface area contributed by atoms with Crippen molar-refractivity contribution in [1.82, 2.24) is 0 Å². The highest BCUT2D eigenvalue weighted by Crippen LogP contribution is 2.68. The molecule has 4 aliphatic carbocycles. The number of allylic oxidation sites excluding steroid dienone is 4. The first-order valence-electron chi connectivity index (χ1n) is 12.3. The highest BCUT2D eigenvalue weighted by molar-refractivity contribution is 6.01. The molecule has 3 saturated carbocycles. The number of esters is 1. The number of hydrogen-bond acceptors (Lipinski definition) is 6. The molecule has 5 rings (SSSR count). The molecule has 1 unspecified atom stereocenters. The minimum Gasteiger partial charge on any atom is -0.447 e. The Morgan fingerprint density at radius 1 is 1.20 bits per heavy atom. The molecule has 0 aliphatic heterocycles. The van der Waals surface area contributed by atoms with Crippen LogP contribution in [-0.4, -0.2) is 52.2 Å². The number of aliphatic hydroxyl groups is 2. The van der Waals surface area contributed by atoms with Gasteiger partial charge in [-0.25, -0.2) is 9.18 Å². The molecule has 1 aromatic carbocycles. The third kappa shape index (κ3) is 3.31. The number of ketones is 2. The van der Waals surface area contributed by atoms with Crippen LogP contribution in [0.2, 0.25) is 0 Å². The predicted molar refractivity (Wildman–Crippen MR) is 125 cm³/mol. The van der Waals surface area contributed by atoms with Gasteiger partial charge < -0.3 is 14.9 Å². The molecule has 0 heterocycles. The first kappa shape index (κ1) is 24.1. The van der Waals surface area contributed by atoms with Gasteiger partial charge in [0.05, 0.1) is 11.7 Å². The maximum atomic E-state index is 15.5. The SMILES string of the molecule is C[C@]12C=CC(=O)C=C1[C@@H](F)C[C@@H]1[C@@H]2C(O)C[C@@]2(C)[C@H]1CC[C@]2(OC(=O)c1ccccc1)C(=O)CO. The smallest absolute Gasteiger partial charge is 0.339 e. The van der Waals surface area contributed by atoms with E-state index in [2.05, 4.69) is 0 Å². The fourth-order valence-electron chi connectivity index (χ4n) is 7.92. The van der Waals surface area contributed by atoms with E-state index in [4.69, 9.17) is 4.74 Å². The van der Waals surface area contributed by atoms with Gasteiger partial charge in [0.15, 0.2) is 11.4 Å². The summed E-state index contributed by atoms with van der Waals surface area (Å²) in [6.45, 7) is 2.90. The fraction of sp³-hybridized carbons (Fsp3) is 0.536. The maximum Gasteiger partial charge on any atom is 0.339 e. The third-order valence-corrected chi connectivity index (χ3v) is 9.47. The van der Waals surface area contributed by atoms with Crippen LogP contribution in [0.5, 0.6) is 0 Å². The molecule has 0 bridgehead atoms. The third-order valence-electron chi connectivity index (χ3n) is 9.47. The van der Waals surface area contributed by atoms with Crippen LogP contribution in [0.1, 0.15) is 49.9 Å². The van der Waals surface area contributed by atoms with Crippen LogP contribution >= 0.6 is 0 Å². The van der Waals surface area contributed by atoms with Gasteiger partial charge in [0.2, 0.25) is 5.78 Å². The summed E-state index contributed by atoms with van der Waals surface area (Å²) in [5.74, 6) is -2.35. The van der Waals surface area contributed by atoms with Gasteiger partial charge in [-0.2, -0.15) is 0 Å². The number of Topliss-reactive ketones (excluding diaryl/α,β-unsaturated/α-hetero) is 1. The minimum absolute atomic E-state index is 0.126. The van der Waals surface area contributed by atoms with E-state index in [0.29, 0.717) is 17.6 Å². The second-order valence-corrected chi connectivity index (χ2v) is 11.0. The van der Waals surface area contributed by atoms with Crippen molar-refractivity contribution in [3.63, 3.8) is 0 Å². The highest BCUT2D eigenvalue weighted by atomic mass is 19.1. The van der Waals surface area contributed by atoms with Crippen molar-refractivity contribution in [2.75, 3.05) is 6.61 Å². The monoisotopic (exact) mass is 482 g/mol.